The Morgan fingerprint density at radius 1 is 1.10 bits per heavy atom. The second-order valence-corrected chi connectivity index (χ2v) is 6.41. The van der Waals surface area contributed by atoms with Crippen LogP contribution in [0.25, 0.3) is 0 Å². The largest absolute Gasteiger partial charge is 0.342 e. The smallest absolute Gasteiger partial charge is 0.234 e. The minimum atomic E-state index is -0.103. The fourth-order valence-corrected chi connectivity index (χ4v) is 3.04. The second-order valence-electron chi connectivity index (χ2n) is 4.99. The molecule has 2 amide bonds. The van der Waals surface area contributed by atoms with E-state index >= 15 is 0 Å². The number of hydrogen-bond acceptors (Lipinski definition) is 3. The van der Waals surface area contributed by atoms with Gasteiger partial charge in [0.1, 0.15) is 0 Å². The number of carbonyl (C=O) groups excluding carboxylic acids is 2. The Hall–Kier alpha value is -1.20. The molecule has 114 valence electrons. The average Bonchev–Trinajstić information content (AvgIpc) is 2.50. The highest BCUT2D eigenvalue weighted by Crippen LogP contribution is 2.14. The van der Waals surface area contributed by atoms with Crippen molar-refractivity contribution in [3.05, 3.63) is 29.3 Å². The molecule has 4 nitrogen and oxygen atoms in total. The molecule has 0 atom stereocenters. The molecule has 0 spiro atoms. The van der Waals surface area contributed by atoms with Crippen LogP contribution in [-0.4, -0.2) is 41.3 Å². The van der Waals surface area contributed by atoms with Crippen LogP contribution in [0, 0.1) is 0 Å². The number of anilines is 1. The van der Waals surface area contributed by atoms with Crippen molar-refractivity contribution in [1.29, 1.82) is 0 Å². The Kier molecular flexibility index (Phi) is 6.39. The van der Waals surface area contributed by atoms with Crippen LogP contribution in [0.5, 0.6) is 0 Å². The SMILES string of the molecule is O=C(CSCC(=O)N1CCCCC1)Nc1ccc(Cl)cc1. The van der Waals surface area contributed by atoms with Crippen LogP contribution in [0.1, 0.15) is 19.3 Å². The van der Waals surface area contributed by atoms with Crippen molar-refractivity contribution in [2.45, 2.75) is 19.3 Å². The van der Waals surface area contributed by atoms with Crippen molar-refractivity contribution in [2.75, 3.05) is 29.9 Å². The van der Waals surface area contributed by atoms with Crippen LogP contribution < -0.4 is 5.32 Å². The summed E-state index contributed by atoms with van der Waals surface area (Å²) in [4.78, 5) is 25.6. The van der Waals surface area contributed by atoms with Crippen molar-refractivity contribution in [2.24, 2.45) is 0 Å². The summed E-state index contributed by atoms with van der Waals surface area (Å²) >= 11 is 7.14. The first kappa shape index (κ1) is 16.2. The fourth-order valence-electron chi connectivity index (χ4n) is 2.20. The lowest BCUT2D eigenvalue weighted by Crippen LogP contribution is -2.37. The van der Waals surface area contributed by atoms with Gasteiger partial charge in [0.25, 0.3) is 0 Å². The van der Waals surface area contributed by atoms with Crippen molar-refractivity contribution < 1.29 is 9.59 Å². The number of thioether (sulfide) groups is 1. The molecular weight excluding hydrogens is 308 g/mol. The van der Waals surface area contributed by atoms with E-state index in [4.69, 9.17) is 11.6 Å². The maximum absolute atomic E-state index is 11.9. The Balaban J connectivity index is 1.66. The molecule has 0 unspecified atom stereocenters. The topological polar surface area (TPSA) is 49.4 Å². The number of halogens is 1. The van der Waals surface area contributed by atoms with Gasteiger partial charge in [0.2, 0.25) is 11.8 Å². The zero-order valence-electron chi connectivity index (χ0n) is 11.8. The number of piperidine rings is 1. The molecule has 0 bridgehead atoms. The molecule has 1 saturated heterocycles. The number of benzene rings is 1. The van der Waals surface area contributed by atoms with Crippen molar-refractivity contribution in [3.8, 4) is 0 Å². The molecular formula is C15H19ClN2O2S. The number of hydrogen-bond donors (Lipinski definition) is 1. The van der Waals surface area contributed by atoms with Crippen LogP contribution in [0.4, 0.5) is 5.69 Å². The molecule has 1 aliphatic heterocycles. The van der Waals surface area contributed by atoms with E-state index in [0.717, 1.165) is 25.9 Å². The first-order chi connectivity index (χ1) is 10.1. The maximum atomic E-state index is 11.9. The van der Waals surface area contributed by atoms with E-state index < -0.39 is 0 Å². The van der Waals surface area contributed by atoms with E-state index in [1.54, 1.807) is 24.3 Å². The number of rotatable bonds is 5. The standard InChI is InChI=1S/C15H19ClN2O2S/c16-12-4-6-13(7-5-12)17-14(19)10-21-11-15(20)18-8-2-1-3-9-18/h4-7H,1-3,8-11H2,(H,17,19). The van der Waals surface area contributed by atoms with E-state index in [1.165, 1.54) is 18.2 Å². The van der Waals surface area contributed by atoms with Gasteiger partial charge in [-0.25, -0.2) is 0 Å². The molecule has 1 aromatic carbocycles. The van der Waals surface area contributed by atoms with E-state index in [1.807, 2.05) is 4.90 Å². The van der Waals surface area contributed by atoms with Gasteiger partial charge >= 0.3 is 0 Å². The van der Waals surface area contributed by atoms with Gasteiger partial charge in [0.15, 0.2) is 0 Å². The second kappa shape index (κ2) is 8.29. The van der Waals surface area contributed by atoms with Crippen molar-refractivity contribution >= 4 is 40.9 Å². The Morgan fingerprint density at radius 2 is 1.76 bits per heavy atom. The lowest BCUT2D eigenvalue weighted by atomic mass is 10.1. The summed E-state index contributed by atoms with van der Waals surface area (Å²) in [7, 11) is 0. The van der Waals surface area contributed by atoms with Crippen molar-refractivity contribution in [1.82, 2.24) is 4.90 Å². The zero-order chi connectivity index (χ0) is 15.1. The summed E-state index contributed by atoms with van der Waals surface area (Å²) in [5.41, 5.74) is 0.715. The van der Waals surface area contributed by atoms with Crippen LogP contribution >= 0.6 is 23.4 Å². The summed E-state index contributed by atoms with van der Waals surface area (Å²) in [6.07, 6.45) is 3.39. The Bertz CT molecular complexity index is 487. The highest BCUT2D eigenvalue weighted by Gasteiger charge is 2.16. The molecule has 6 heteroatoms. The fraction of sp³-hybridized carbons (Fsp3) is 0.467. The quantitative estimate of drug-likeness (QED) is 0.904. The normalized spacial score (nSPS) is 14.8. The van der Waals surface area contributed by atoms with Gasteiger partial charge in [-0.3, -0.25) is 9.59 Å². The number of likely N-dealkylation sites (tertiary alicyclic amines) is 1. The first-order valence-corrected chi connectivity index (χ1v) is 8.59. The minimum absolute atomic E-state index is 0.103. The van der Waals surface area contributed by atoms with Crippen LogP contribution in [0.15, 0.2) is 24.3 Å². The maximum Gasteiger partial charge on any atom is 0.234 e. The van der Waals surface area contributed by atoms with Crippen molar-refractivity contribution in [3.63, 3.8) is 0 Å². The Morgan fingerprint density at radius 3 is 2.43 bits per heavy atom. The van der Waals surface area contributed by atoms with Gasteiger partial charge in [-0.1, -0.05) is 11.6 Å². The summed E-state index contributed by atoms with van der Waals surface area (Å²) in [5, 5.41) is 3.41. The molecule has 1 aromatic rings. The first-order valence-electron chi connectivity index (χ1n) is 7.06. The van der Waals surface area contributed by atoms with E-state index in [2.05, 4.69) is 5.32 Å². The molecule has 0 aromatic heterocycles. The summed E-state index contributed by atoms with van der Waals surface area (Å²) < 4.78 is 0. The van der Waals surface area contributed by atoms with Crippen LogP contribution in [0.3, 0.4) is 0 Å². The summed E-state index contributed by atoms with van der Waals surface area (Å²) in [6.45, 7) is 1.72. The highest BCUT2D eigenvalue weighted by atomic mass is 35.5. The van der Waals surface area contributed by atoms with Gasteiger partial charge in [0, 0.05) is 23.8 Å². The average molecular weight is 327 g/mol. The van der Waals surface area contributed by atoms with Gasteiger partial charge in [-0.05, 0) is 43.5 Å². The predicted octanol–water partition coefficient (Wildman–Crippen LogP) is 3.02. The molecule has 2 rings (SSSR count). The zero-order valence-corrected chi connectivity index (χ0v) is 13.4. The van der Waals surface area contributed by atoms with E-state index in [-0.39, 0.29) is 17.6 Å². The highest BCUT2D eigenvalue weighted by molar-refractivity contribution is 8.00. The summed E-state index contributed by atoms with van der Waals surface area (Å²) in [6, 6.07) is 6.96. The molecule has 1 fully saturated rings. The number of carbonyl (C=O) groups is 2. The lowest BCUT2D eigenvalue weighted by Gasteiger charge is -2.26. The van der Waals surface area contributed by atoms with Gasteiger partial charge in [0.05, 0.1) is 11.5 Å². The molecule has 21 heavy (non-hydrogen) atoms. The Labute approximate surface area is 134 Å². The molecule has 0 saturated carbocycles. The minimum Gasteiger partial charge on any atom is -0.342 e. The lowest BCUT2D eigenvalue weighted by molar-refractivity contribution is -0.129. The van der Waals surface area contributed by atoms with E-state index in [0.29, 0.717) is 16.5 Å². The number of nitrogens with one attached hydrogen (secondary N) is 1. The molecule has 1 N–H and O–H groups in total. The van der Waals surface area contributed by atoms with Crippen LogP contribution in [0.2, 0.25) is 5.02 Å². The number of nitrogens with zero attached hydrogens (tertiary/aromatic N) is 1. The molecule has 0 radical (unpaired) electrons. The molecule has 1 heterocycles. The third-order valence-electron chi connectivity index (χ3n) is 3.30. The van der Waals surface area contributed by atoms with Gasteiger partial charge in [-0.2, -0.15) is 0 Å². The van der Waals surface area contributed by atoms with Gasteiger partial charge in [-0.15, -0.1) is 11.8 Å². The monoisotopic (exact) mass is 326 g/mol. The number of amides is 2. The predicted molar refractivity (Wildman–Crippen MR) is 87.8 cm³/mol. The molecule has 0 aliphatic carbocycles. The van der Waals surface area contributed by atoms with Crippen LogP contribution in [-0.2, 0) is 9.59 Å². The van der Waals surface area contributed by atoms with Gasteiger partial charge < -0.3 is 10.2 Å². The third kappa shape index (κ3) is 5.59. The summed E-state index contributed by atoms with van der Waals surface area (Å²) in [5.74, 6) is 0.684. The van der Waals surface area contributed by atoms with E-state index in [9.17, 15) is 9.59 Å². The molecule has 1 aliphatic rings. The third-order valence-corrected chi connectivity index (χ3v) is 4.46.